The highest BCUT2D eigenvalue weighted by Gasteiger charge is 2.49. The molecule has 2 N–H and O–H groups in total. The van der Waals surface area contributed by atoms with Crippen molar-refractivity contribution in [2.45, 2.75) is 58.3 Å². The van der Waals surface area contributed by atoms with Crippen LogP contribution in [-0.4, -0.2) is 36.4 Å². The number of amides is 1. The van der Waals surface area contributed by atoms with Gasteiger partial charge in [0.2, 0.25) is 5.91 Å². The Bertz CT molecular complexity index is 251. The topological polar surface area (TPSA) is 58.6 Å². The van der Waals surface area contributed by atoms with Crippen molar-refractivity contribution in [1.82, 2.24) is 5.32 Å². The summed E-state index contributed by atoms with van der Waals surface area (Å²) < 4.78 is 5.32. The number of aliphatic hydroxyl groups is 1. The van der Waals surface area contributed by atoms with Gasteiger partial charge in [-0.3, -0.25) is 4.79 Å². The smallest absolute Gasteiger partial charge is 0.220 e. The monoisotopic (exact) mass is 229 g/mol. The van der Waals surface area contributed by atoms with Crippen molar-refractivity contribution in [3.8, 4) is 0 Å². The van der Waals surface area contributed by atoms with E-state index in [1.54, 1.807) is 14.0 Å². The molecule has 1 rings (SSSR count). The maximum Gasteiger partial charge on any atom is 0.220 e. The average molecular weight is 229 g/mol. The highest BCUT2D eigenvalue weighted by Crippen LogP contribution is 2.42. The van der Waals surface area contributed by atoms with Gasteiger partial charge < -0.3 is 15.2 Å². The van der Waals surface area contributed by atoms with Crippen molar-refractivity contribution >= 4 is 5.91 Å². The van der Waals surface area contributed by atoms with Crippen molar-refractivity contribution in [1.29, 1.82) is 0 Å². The summed E-state index contributed by atoms with van der Waals surface area (Å²) in [7, 11) is 1.71. The van der Waals surface area contributed by atoms with Gasteiger partial charge in [-0.2, -0.15) is 0 Å². The van der Waals surface area contributed by atoms with E-state index in [4.69, 9.17) is 9.84 Å². The Balaban J connectivity index is 2.31. The zero-order chi connectivity index (χ0) is 12.3. The van der Waals surface area contributed by atoms with Gasteiger partial charge in [-0.05, 0) is 19.8 Å². The number of rotatable bonds is 5. The van der Waals surface area contributed by atoms with Gasteiger partial charge in [-0.1, -0.05) is 13.8 Å². The van der Waals surface area contributed by atoms with Crippen molar-refractivity contribution in [2.24, 2.45) is 5.41 Å². The summed E-state index contributed by atoms with van der Waals surface area (Å²) in [5.74, 6) is 0.0218. The van der Waals surface area contributed by atoms with Crippen molar-refractivity contribution in [3.63, 3.8) is 0 Å². The van der Waals surface area contributed by atoms with Gasteiger partial charge in [0.25, 0.3) is 0 Å². The lowest BCUT2D eigenvalue weighted by Gasteiger charge is -2.51. The van der Waals surface area contributed by atoms with Crippen LogP contribution in [0.25, 0.3) is 0 Å². The molecule has 0 heterocycles. The van der Waals surface area contributed by atoms with Gasteiger partial charge in [-0.25, -0.2) is 0 Å². The van der Waals surface area contributed by atoms with Gasteiger partial charge in [-0.15, -0.1) is 0 Å². The van der Waals surface area contributed by atoms with E-state index < -0.39 is 6.10 Å². The standard InChI is InChI=1S/C12H23NO3/c1-8(14)5-6-11(15)13-9-7-10(16-4)12(9,2)3/h8-10,14H,5-7H2,1-4H3,(H,13,15). The van der Waals surface area contributed by atoms with Crippen LogP contribution in [-0.2, 0) is 9.53 Å². The van der Waals surface area contributed by atoms with Crippen LogP contribution in [0.3, 0.4) is 0 Å². The van der Waals surface area contributed by atoms with E-state index in [9.17, 15) is 4.79 Å². The van der Waals surface area contributed by atoms with Gasteiger partial charge in [0.1, 0.15) is 0 Å². The summed E-state index contributed by atoms with van der Waals surface area (Å²) >= 11 is 0. The molecule has 1 aliphatic carbocycles. The van der Waals surface area contributed by atoms with Crippen LogP contribution in [0.4, 0.5) is 0 Å². The summed E-state index contributed by atoms with van der Waals surface area (Å²) in [5, 5.41) is 12.1. The number of hydrogen-bond acceptors (Lipinski definition) is 3. The molecule has 94 valence electrons. The quantitative estimate of drug-likeness (QED) is 0.741. The van der Waals surface area contributed by atoms with E-state index in [0.29, 0.717) is 12.8 Å². The highest BCUT2D eigenvalue weighted by molar-refractivity contribution is 5.76. The molecule has 3 atom stereocenters. The first-order valence-electron chi connectivity index (χ1n) is 5.88. The average Bonchev–Trinajstić information content (AvgIpc) is 2.20. The van der Waals surface area contributed by atoms with E-state index in [1.807, 2.05) is 0 Å². The summed E-state index contributed by atoms with van der Waals surface area (Å²) in [6, 6.07) is 0.193. The minimum atomic E-state index is -0.410. The predicted octanol–water partition coefficient (Wildman–Crippen LogP) is 1.08. The van der Waals surface area contributed by atoms with Gasteiger partial charge in [0, 0.05) is 25.0 Å². The first-order valence-corrected chi connectivity index (χ1v) is 5.88. The highest BCUT2D eigenvalue weighted by atomic mass is 16.5. The Morgan fingerprint density at radius 2 is 2.25 bits per heavy atom. The molecule has 0 aromatic rings. The largest absolute Gasteiger partial charge is 0.393 e. The summed E-state index contributed by atoms with van der Waals surface area (Å²) in [5.41, 5.74) is 0.00917. The van der Waals surface area contributed by atoms with Crippen molar-refractivity contribution < 1.29 is 14.6 Å². The molecule has 4 heteroatoms. The van der Waals surface area contributed by atoms with Crippen LogP contribution in [0.5, 0.6) is 0 Å². The summed E-state index contributed by atoms with van der Waals surface area (Å²) in [6.45, 7) is 5.90. The maximum absolute atomic E-state index is 11.6. The zero-order valence-corrected chi connectivity index (χ0v) is 10.6. The van der Waals surface area contributed by atoms with Crippen molar-refractivity contribution in [3.05, 3.63) is 0 Å². The van der Waals surface area contributed by atoms with E-state index in [0.717, 1.165) is 6.42 Å². The Kier molecular flexibility index (Phi) is 4.33. The Hall–Kier alpha value is -0.610. The fraction of sp³-hybridized carbons (Fsp3) is 0.917. The first kappa shape index (κ1) is 13.5. The second kappa shape index (κ2) is 5.15. The number of ether oxygens (including phenoxy) is 1. The first-order chi connectivity index (χ1) is 7.37. The fourth-order valence-electron chi connectivity index (χ4n) is 2.14. The van der Waals surface area contributed by atoms with E-state index in [-0.39, 0.29) is 23.5 Å². The fourth-order valence-corrected chi connectivity index (χ4v) is 2.14. The molecule has 1 aliphatic rings. The molecule has 0 aromatic carbocycles. The predicted molar refractivity (Wildman–Crippen MR) is 62.0 cm³/mol. The third-order valence-corrected chi connectivity index (χ3v) is 3.59. The minimum Gasteiger partial charge on any atom is -0.393 e. The van der Waals surface area contributed by atoms with Gasteiger partial charge in [0.15, 0.2) is 0 Å². The molecule has 0 aliphatic heterocycles. The molecule has 0 radical (unpaired) electrons. The Morgan fingerprint density at radius 1 is 1.62 bits per heavy atom. The lowest BCUT2D eigenvalue weighted by Crippen LogP contribution is -2.61. The number of nitrogens with one attached hydrogen (secondary N) is 1. The van der Waals surface area contributed by atoms with E-state index in [1.165, 1.54) is 0 Å². The molecular weight excluding hydrogens is 206 g/mol. The molecule has 0 aromatic heterocycles. The van der Waals surface area contributed by atoms with Crippen LogP contribution in [0.1, 0.15) is 40.0 Å². The molecular formula is C12H23NO3. The number of carbonyl (C=O) groups is 1. The number of carbonyl (C=O) groups excluding carboxylic acids is 1. The number of hydrogen-bond donors (Lipinski definition) is 2. The molecule has 1 fully saturated rings. The van der Waals surface area contributed by atoms with Crippen LogP contribution in [0.15, 0.2) is 0 Å². The molecule has 1 saturated carbocycles. The third kappa shape index (κ3) is 2.95. The van der Waals surface area contributed by atoms with Crippen LogP contribution in [0, 0.1) is 5.41 Å². The Morgan fingerprint density at radius 3 is 2.69 bits per heavy atom. The molecule has 3 unspecified atom stereocenters. The SMILES string of the molecule is COC1CC(NC(=O)CCC(C)O)C1(C)C. The van der Waals surface area contributed by atoms with Crippen LogP contribution in [0.2, 0.25) is 0 Å². The minimum absolute atomic E-state index is 0.00917. The lowest BCUT2D eigenvalue weighted by molar-refractivity contribution is -0.133. The zero-order valence-electron chi connectivity index (χ0n) is 10.6. The normalized spacial score (nSPS) is 29.3. The lowest BCUT2D eigenvalue weighted by atomic mass is 9.64. The molecule has 16 heavy (non-hydrogen) atoms. The van der Waals surface area contributed by atoms with Crippen molar-refractivity contribution in [2.75, 3.05) is 7.11 Å². The molecule has 4 nitrogen and oxygen atoms in total. The summed E-state index contributed by atoms with van der Waals surface area (Å²) in [6.07, 6.45) is 1.61. The van der Waals surface area contributed by atoms with Crippen LogP contribution >= 0.6 is 0 Å². The van der Waals surface area contributed by atoms with Gasteiger partial charge in [0.05, 0.1) is 12.2 Å². The van der Waals surface area contributed by atoms with Crippen LogP contribution < -0.4 is 5.32 Å². The molecule has 0 saturated heterocycles. The second-order valence-electron chi connectivity index (χ2n) is 5.29. The Labute approximate surface area is 97.4 Å². The number of aliphatic hydroxyl groups excluding tert-OH is 1. The molecule has 0 spiro atoms. The van der Waals surface area contributed by atoms with E-state index >= 15 is 0 Å². The number of methoxy groups -OCH3 is 1. The molecule has 1 amide bonds. The van der Waals surface area contributed by atoms with Gasteiger partial charge >= 0.3 is 0 Å². The third-order valence-electron chi connectivity index (χ3n) is 3.59. The van der Waals surface area contributed by atoms with E-state index in [2.05, 4.69) is 19.2 Å². The maximum atomic E-state index is 11.6. The molecule has 0 bridgehead atoms. The second-order valence-corrected chi connectivity index (χ2v) is 5.29. The summed E-state index contributed by atoms with van der Waals surface area (Å²) in [4.78, 5) is 11.6.